The van der Waals surface area contributed by atoms with E-state index in [0.717, 1.165) is 93.6 Å². The summed E-state index contributed by atoms with van der Waals surface area (Å²) in [6.07, 6.45) is 11.2. The monoisotopic (exact) mass is 655 g/mol. The maximum absolute atomic E-state index is 14.4. The van der Waals surface area contributed by atoms with Crippen molar-refractivity contribution in [2.24, 2.45) is 11.8 Å². The van der Waals surface area contributed by atoms with Gasteiger partial charge in [0.15, 0.2) is 0 Å². The van der Waals surface area contributed by atoms with Crippen LogP contribution in [0.25, 0.3) is 11.1 Å². The number of carbonyl (C=O) groups excluding carboxylic acids is 2. The van der Waals surface area contributed by atoms with E-state index >= 15 is 0 Å². The first-order valence-corrected chi connectivity index (χ1v) is 17.9. The van der Waals surface area contributed by atoms with E-state index in [9.17, 15) is 9.59 Å². The minimum Gasteiger partial charge on any atom is -0.496 e. The molecule has 0 spiro atoms. The molecular weight excluding hydrogens is 602 g/mol. The van der Waals surface area contributed by atoms with Crippen molar-refractivity contribution >= 4 is 17.7 Å². The van der Waals surface area contributed by atoms with Gasteiger partial charge in [0.05, 0.1) is 13.3 Å². The Morgan fingerprint density at radius 3 is 2.38 bits per heavy atom. The second-order valence-corrected chi connectivity index (χ2v) is 14.7. The molecule has 6 rings (SSSR count). The average Bonchev–Trinajstić information content (AvgIpc) is 3.58. The molecule has 2 heterocycles. The minimum absolute atomic E-state index is 0.0210. The molecule has 258 valence electrons. The van der Waals surface area contributed by atoms with Crippen LogP contribution in [0.3, 0.4) is 0 Å². The molecule has 2 aliphatic carbocycles. The van der Waals surface area contributed by atoms with Crippen LogP contribution in [0, 0.1) is 18.8 Å². The molecule has 48 heavy (non-hydrogen) atoms. The molecule has 2 aromatic carbocycles. The van der Waals surface area contributed by atoms with Gasteiger partial charge in [0.2, 0.25) is 5.91 Å². The van der Waals surface area contributed by atoms with E-state index < -0.39 is 0 Å². The van der Waals surface area contributed by atoms with E-state index in [4.69, 9.17) is 9.47 Å². The zero-order valence-electron chi connectivity index (χ0n) is 29.4. The van der Waals surface area contributed by atoms with E-state index in [1.807, 2.05) is 17.9 Å². The second-order valence-electron chi connectivity index (χ2n) is 14.7. The molecule has 0 unspecified atom stereocenters. The number of aryl methyl sites for hydroxylation is 1. The Balaban J connectivity index is 1.13. The quantitative estimate of drug-likeness (QED) is 0.246. The maximum atomic E-state index is 14.4. The lowest BCUT2D eigenvalue weighted by atomic mass is 9.78. The molecule has 3 fully saturated rings. The van der Waals surface area contributed by atoms with Gasteiger partial charge in [0, 0.05) is 55.1 Å². The van der Waals surface area contributed by atoms with Gasteiger partial charge in [-0.1, -0.05) is 24.3 Å². The predicted octanol–water partition coefficient (Wildman–Crippen LogP) is 7.35. The van der Waals surface area contributed by atoms with E-state index in [1.165, 1.54) is 11.1 Å². The fourth-order valence-electron chi connectivity index (χ4n) is 7.81. The highest BCUT2D eigenvalue weighted by atomic mass is 16.6. The Hall–Kier alpha value is -3.85. The molecule has 9 nitrogen and oxygen atoms in total. The zero-order valence-corrected chi connectivity index (χ0v) is 29.4. The Labute approximate surface area is 286 Å². The number of hydrogen-bond acceptors (Lipinski definition) is 6. The summed E-state index contributed by atoms with van der Waals surface area (Å²) in [4.78, 5) is 31.1. The summed E-state index contributed by atoms with van der Waals surface area (Å²) in [5.41, 5.74) is 5.65. The molecule has 0 atom stereocenters. The van der Waals surface area contributed by atoms with Gasteiger partial charge in [-0.15, -0.1) is 0 Å². The fourth-order valence-corrected chi connectivity index (χ4v) is 7.81. The van der Waals surface area contributed by atoms with Gasteiger partial charge in [-0.25, -0.2) is 4.79 Å². The smallest absolute Gasteiger partial charge is 0.407 e. The van der Waals surface area contributed by atoms with Crippen molar-refractivity contribution in [1.29, 1.82) is 0 Å². The van der Waals surface area contributed by atoms with Crippen LogP contribution in [0.15, 0.2) is 54.9 Å². The number of anilines is 1. The molecule has 0 bridgehead atoms. The first-order chi connectivity index (χ1) is 23.2. The summed E-state index contributed by atoms with van der Waals surface area (Å²) < 4.78 is 13.0. The predicted molar refractivity (Wildman–Crippen MR) is 189 cm³/mol. The summed E-state index contributed by atoms with van der Waals surface area (Å²) in [6, 6.07) is 15.3. The molecule has 2 saturated carbocycles. The molecule has 1 saturated heterocycles. The molecule has 1 aliphatic heterocycles. The third-order valence-electron chi connectivity index (χ3n) is 10.8. The van der Waals surface area contributed by atoms with Crippen LogP contribution < -0.4 is 15.0 Å². The van der Waals surface area contributed by atoms with Crippen LogP contribution in [0.4, 0.5) is 10.5 Å². The van der Waals surface area contributed by atoms with Crippen LogP contribution in [-0.2, 0) is 9.53 Å². The summed E-state index contributed by atoms with van der Waals surface area (Å²) in [5, 5.41) is 7.62. The number of hydrogen-bond donors (Lipinski definition) is 1. The van der Waals surface area contributed by atoms with Crippen molar-refractivity contribution in [1.82, 2.24) is 20.0 Å². The van der Waals surface area contributed by atoms with E-state index in [-0.39, 0.29) is 36.1 Å². The summed E-state index contributed by atoms with van der Waals surface area (Å²) >= 11 is 0. The molecule has 1 N–H and O–H groups in total. The largest absolute Gasteiger partial charge is 0.496 e. The summed E-state index contributed by atoms with van der Waals surface area (Å²) in [7, 11) is 3.74. The highest BCUT2D eigenvalue weighted by Gasteiger charge is 2.34. The van der Waals surface area contributed by atoms with Crippen molar-refractivity contribution in [3.8, 4) is 16.9 Å². The Kier molecular flexibility index (Phi) is 10.7. The Bertz CT molecular complexity index is 1550. The number of amides is 2. The summed E-state index contributed by atoms with van der Waals surface area (Å²) in [6.45, 7) is 8.66. The highest BCUT2D eigenvalue weighted by Crippen LogP contribution is 2.39. The van der Waals surface area contributed by atoms with Crippen LogP contribution in [0.2, 0.25) is 0 Å². The first-order valence-electron chi connectivity index (χ1n) is 17.9. The van der Waals surface area contributed by atoms with Gasteiger partial charge < -0.3 is 19.7 Å². The van der Waals surface area contributed by atoms with Crippen molar-refractivity contribution in [2.45, 2.75) is 96.2 Å². The fraction of sp³-hybridized carbons (Fsp3) is 0.564. The Morgan fingerprint density at radius 1 is 0.979 bits per heavy atom. The number of alkyl carbamates (subject to hydrolysis) is 1. The molecule has 3 aromatic rings. The number of benzene rings is 2. The first kappa shape index (κ1) is 34.0. The van der Waals surface area contributed by atoms with Gasteiger partial charge in [-0.3, -0.25) is 14.4 Å². The standard InChI is InChI=1S/C39H53N5O4/c1-26(2)44-23-33(21-40-44)31-7-6-8-35(20-31)43(22-28-9-11-29(12-10-28)32-15-18-37(47-5)27(3)19-32)38(45)30-13-16-34(17-14-30)41-39(46)48-36-24-42(4)25-36/h6-8,15,18-21,23,26,28-30,34,36H,9-14,16-17,22,24-25H2,1-5H3,(H,41,46). The second kappa shape index (κ2) is 15.1. The lowest BCUT2D eigenvalue weighted by molar-refractivity contribution is -0.123. The molecule has 0 radical (unpaired) electrons. The van der Waals surface area contributed by atoms with Crippen LogP contribution in [-0.4, -0.2) is 72.6 Å². The number of aromatic nitrogens is 2. The zero-order chi connectivity index (χ0) is 33.8. The van der Waals surface area contributed by atoms with E-state index in [1.54, 1.807) is 7.11 Å². The van der Waals surface area contributed by atoms with Crippen molar-refractivity contribution in [2.75, 3.05) is 38.7 Å². The normalized spacial score (nSPS) is 23.4. The van der Waals surface area contributed by atoms with Gasteiger partial charge in [0.25, 0.3) is 0 Å². The molecule has 9 heteroatoms. The molecule has 1 aromatic heterocycles. The minimum atomic E-state index is -0.331. The van der Waals surface area contributed by atoms with Crippen LogP contribution in [0.1, 0.15) is 88.3 Å². The van der Waals surface area contributed by atoms with Gasteiger partial charge in [-0.2, -0.15) is 5.10 Å². The number of methoxy groups -OCH3 is 1. The Morgan fingerprint density at radius 2 is 1.73 bits per heavy atom. The lowest BCUT2D eigenvalue weighted by Gasteiger charge is -2.37. The topological polar surface area (TPSA) is 88.9 Å². The highest BCUT2D eigenvalue weighted by molar-refractivity contribution is 5.95. The average molecular weight is 656 g/mol. The molecule has 3 aliphatic rings. The van der Waals surface area contributed by atoms with Crippen molar-refractivity contribution in [3.63, 3.8) is 0 Å². The SMILES string of the molecule is COc1ccc(C2CCC(CN(C(=O)C3CCC(NC(=O)OC4CN(C)C4)CC3)c3cccc(-c4cnn(C(C)C)c4)c3)CC2)cc1C. The van der Waals surface area contributed by atoms with Gasteiger partial charge in [0.1, 0.15) is 11.9 Å². The number of rotatable bonds is 10. The third kappa shape index (κ3) is 8.05. The number of likely N-dealkylation sites (N-methyl/N-ethyl adjacent to an activating group) is 1. The van der Waals surface area contributed by atoms with Crippen molar-refractivity contribution in [3.05, 3.63) is 66.0 Å². The number of ether oxygens (including phenoxy) is 2. The van der Waals surface area contributed by atoms with Gasteiger partial charge >= 0.3 is 6.09 Å². The number of carbonyl (C=O) groups is 2. The molecule has 2 amide bonds. The number of nitrogens with zero attached hydrogens (tertiary/aromatic N) is 4. The number of likely N-dealkylation sites (tertiary alicyclic amines) is 1. The molecular formula is C39H53N5O4. The summed E-state index contributed by atoms with van der Waals surface area (Å²) in [5.74, 6) is 2.05. The lowest BCUT2D eigenvalue weighted by Crippen LogP contribution is -2.52. The third-order valence-corrected chi connectivity index (χ3v) is 10.8. The van der Waals surface area contributed by atoms with Crippen LogP contribution >= 0.6 is 0 Å². The number of nitrogens with one attached hydrogen (secondary N) is 1. The van der Waals surface area contributed by atoms with E-state index in [2.05, 4.69) is 89.6 Å². The van der Waals surface area contributed by atoms with Crippen molar-refractivity contribution < 1.29 is 19.1 Å². The van der Waals surface area contributed by atoms with Crippen LogP contribution in [0.5, 0.6) is 5.75 Å². The van der Waals surface area contributed by atoms with Gasteiger partial charge in [-0.05, 0) is 126 Å². The van der Waals surface area contributed by atoms with E-state index in [0.29, 0.717) is 11.8 Å². The maximum Gasteiger partial charge on any atom is 0.407 e.